The molecule has 0 aliphatic heterocycles. The van der Waals surface area contributed by atoms with Crippen molar-refractivity contribution in [1.82, 2.24) is 0 Å². The van der Waals surface area contributed by atoms with E-state index in [1.165, 1.54) is 37.4 Å². The summed E-state index contributed by atoms with van der Waals surface area (Å²) < 4.78 is 24.2. The highest BCUT2D eigenvalue weighted by molar-refractivity contribution is 6.32. The van der Waals surface area contributed by atoms with E-state index in [0.717, 1.165) is 11.1 Å². The van der Waals surface area contributed by atoms with Gasteiger partial charge in [-0.3, -0.25) is 4.79 Å². The van der Waals surface area contributed by atoms with Crippen molar-refractivity contribution < 1.29 is 18.7 Å². The number of nitrogens with one attached hydrogen (secondary N) is 1. The highest BCUT2D eigenvalue weighted by Gasteiger charge is 2.16. The summed E-state index contributed by atoms with van der Waals surface area (Å²) in [6.45, 7) is 2.33. The maximum Gasteiger partial charge on any atom is 0.255 e. The molecule has 4 nitrogen and oxygen atoms in total. The first kappa shape index (κ1) is 19.7. The molecule has 144 valence electrons. The Morgan fingerprint density at radius 1 is 1.07 bits per heavy atom. The number of halogens is 2. The molecule has 28 heavy (non-hydrogen) atoms. The van der Waals surface area contributed by atoms with Gasteiger partial charge in [-0.05, 0) is 48.9 Å². The minimum Gasteiger partial charge on any atom is -0.493 e. The Morgan fingerprint density at radius 3 is 2.39 bits per heavy atom. The van der Waals surface area contributed by atoms with Crippen LogP contribution in [0.5, 0.6) is 11.5 Å². The number of benzene rings is 3. The molecule has 0 unspecified atom stereocenters. The lowest BCUT2D eigenvalue weighted by atomic mass is 10.1. The van der Waals surface area contributed by atoms with Gasteiger partial charge < -0.3 is 14.8 Å². The first-order valence-electron chi connectivity index (χ1n) is 8.59. The topological polar surface area (TPSA) is 47.6 Å². The van der Waals surface area contributed by atoms with Gasteiger partial charge >= 0.3 is 0 Å². The fraction of sp³-hybridized carbons (Fsp3) is 0.136. The number of rotatable bonds is 6. The molecular formula is C22H19ClFNO3. The largest absolute Gasteiger partial charge is 0.493 e. The standard InChI is InChI=1S/C22H19ClFNO3/c1-14-3-5-15(6-4-14)13-28-21-19(23)11-16(12-20(21)27-2)22(26)25-18-9-7-17(24)8-10-18/h3-12H,13H2,1-2H3,(H,25,26). The number of hydrogen-bond acceptors (Lipinski definition) is 3. The number of ether oxygens (including phenoxy) is 2. The molecular weight excluding hydrogens is 381 g/mol. The summed E-state index contributed by atoms with van der Waals surface area (Å²) in [6.07, 6.45) is 0. The molecule has 0 aromatic heterocycles. The Bertz CT molecular complexity index is 972. The second kappa shape index (κ2) is 8.76. The molecule has 0 aliphatic carbocycles. The molecule has 0 heterocycles. The third-order valence-electron chi connectivity index (χ3n) is 4.10. The van der Waals surface area contributed by atoms with Crippen molar-refractivity contribution in [2.24, 2.45) is 0 Å². The predicted molar refractivity (Wildman–Crippen MR) is 108 cm³/mol. The second-order valence-electron chi connectivity index (χ2n) is 6.22. The van der Waals surface area contributed by atoms with Crippen LogP contribution in [0.1, 0.15) is 21.5 Å². The summed E-state index contributed by atoms with van der Waals surface area (Å²) in [4.78, 5) is 12.5. The number of hydrogen-bond donors (Lipinski definition) is 1. The van der Waals surface area contributed by atoms with E-state index >= 15 is 0 Å². The molecule has 0 saturated heterocycles. The van der Waals surface area contributed by atoms with E-state index in [1.807, 2.05) is 31.2 Å². The monoisotopic (exact) mass is 399 g/mol. The van der Waals surface area contributed by atoms with Gasteiger partial charge in [0, 0.05) is 11.3 Å². The average Bonchev–Trinajstić information content (AvgIpc) is 2.69. The fourth-order valence-corrected chi connectivity index (χ4v) is 2.83. The molecule has 3 rings (SSSR count). The first-order valence-corrected chi connectivity index (χ1v) is 8.97. The summed E-state index contributed by atoms with van der Waals surface area (Å²) in [5, 5.41) is 2.95. The van der Waals surface area contributed by atoms with Crippen LogP contribution in [0.2, 0.25) is 5.02 Å². The molecule has 3 aromatic carbocycles. The van der Waals surface area contributed by atoms with Crippen molar-refractivity contribution in [3.8, 4) is 11.5 Å². The van der Waals surface area contributed by atoms with Gasteiger partial charge in [0.05, 0.1) is 12.1 Å². The van der Waals surface area contributed by atoms with Crippen molar-refractivity contribution in [2.75, 3.05) is 12.4 Å². The smallest absolute Gasteiger partial charge is 0.255 e. The van der Waals surface area contributed by atoms with Crippen molar-refractivity contribution in [1.29, 1.82) is 0 Å². The van der Waals surface area contributed by atoms with E-state index in [9.17, 15) is 9.18 Å². The molecule has 0 saturated carbocycles. The molecule has 0 fully saturated rings. The van der Waals surface area contributed by atoms with Crippen LogP contribution in [0.15, 0.2) is 60.7 Å². The van der Waals surface area contributed by atoms with E-state index in [0.29, 0.717) is 29.4 Å². The first-order chi connectivity index (χ1) is 13.5. The van der Waals surface area contributed by atoms with E-state index in [2.05, 4.69) is 5.32 Å². The van der Waals surface area contributed by atoms with Gasteiger partial charge in [-0.2, -0.15) is 0 Å². The Hall–Kier alpha value is -3.05. The quantitative estimate of drug-likeness (QED) is 0.584. The molecule has 0 aliphatic rings. The SMILES string of the molecule is COc1cc(C(=O)Nc2ccc(F)cc2)cc(Cl)c1OCc1ccc(C)cc1. The zero-order valence-corrected chi connectivity index (χ0v) is 16.2. The van der Waals surface area contributed by atoms with Crippen LogP contribution in [0.4, 0.5) is 10.1 Å². The summed E-state index contributed by atoms with van der Waals surface area (Å²) in [5.74, 6) is -0.0541. The van der Waals surface area contributed by atoms with Crippen LogP contribution >= 0.6 is 11.6 Å². The van der Waals surface area contributed by atoms with Gasteiger partial charge in [-0.15, -0.1) is 0 Å². The molecule has 6 heteroatoms. The van der Waals surface area contributed by atoms with Gasteiger partial charge in [-0.1, -0.05) is 41.4 Å². The Balaban J connectivity index is 1.77. The molecule has 1 N–H and O–H groups in total. The number of carbonyl (C=O) groups is 1. The highest BCUT2D eigenvalue weighted by atomic mass is 35.5. The van der Waals surface area contributed by atoms with Crippen LogP contribution < -0.4 is 14.8 Å². The Kier molecular flexibility index (Phi) is 6.16. The van der Waals surface area contributed by atoms with Crippen molar-refractivity contribution >= 4 is 23.2 Å². The van der Waals surface area contributed by atoms with Crippen LogP contribution in [-0.4, -0.2) is 13.0 Å². The maximum atomic E-state index is 13.0. The number of carbonyl (C=O) groups excluding carboxylic acids is 1. The molecule has 0 radical (unpaired) electrons. The summed E-state index contributed by atoms with van der Waals surface area (Å²) >= 11 is 6.34. The van der Waals surface area contributed by atoms with Crippen LogP contribution in [-0.2, 0) is 6.61 Å². The van der Waals surface area contributed by atoms with Gasteiger partial charge in [0.15, 0.2) is 11.5 Å². The van der Waals surface area contributed by atoms with Crippen LogP contribution in [0, 0.1) is 12.7 Å². The van der Waals surface area contributed by atoms with E-state index in [-0.39, 0.29) is 10.8 Å². The summed E-state index contributed by atoms with van der Waals surface area (Å²) in [6, 6.07) is 16.5. The summed E-state index contributed by atoms with van der Waals surface area (Å²) in [7, 11) is 1.48. The second-order valence-corrected chi connectivity index (χ2v) is 6.63. The van der Waals surface area contributed by atoms with E-state index in [4.69, 9.17) is 21.1 Å². The van der Waals surface area contributed by atoms with Gasteiger partial charge in [0.2, 0.25) is 0 Å². The van der Waals surface area contributed by atoms with E-state index < -0.39 is 5.91 Å². The molecule has 1 amide bonds. The lowest BCUT2D eigenvalue weighted by molar-refractivity contribution is 0.102. The van der Waals surface area contributed by atoms with Gasteiger partial charge in [0.25, 0.3) is 5.91 Å². The van der Waals surface area contributed by atoms with Crippen LogP contribution in [0.3, 0.4) is 0 Å². The van der Waals surface area contributed by atoms with Crippen LogP contribution in [0.25, 0.3) is 0 Å². The van der Waals surface area contributed by atoms with E-state index in [1.54, 1.807) is 6.07 Å². The minimum atomic E-state index is -0.392. The Morgan fingerprint density at radius 2 is 1.75 bits per heavy atom. The summed E-state index contributed by atoms with van der Waals surface area (Å²) in [5.41, 5.74) is 2.92. The number of methoxy groups -OCH3 is 1. The molecule has 0 atom stereocenters. The predicted octanol–water partition coefficient (Wildman–Crippen LogP) is 5.63. The van der Waals surface area contributed by atoms with Gasteiger partial charge in [0.1, 0.15) is 12.4 Å². The molecule has 3 aromatic rings. The van der Waals surface area contributed by atoms with Crippen molar-refractivity contribution in [3.05, 3.63) is 88.2 Å². The lowest BCUT2D eigenvalue weighted by Gasteiger charge is -2.14. The fourth-order valence-electron chi connectivity index (χ4n) is 2.57. The zero-order chi connectivity index (χ0) is 20.1. The third-order valence-corrected chi connectivity index (χ3v) is 4.38. The maximum absolute atomic E-state index is 13.0. The molecule has 0 spiro atoms. The highest BCUT2D eigenvalue weighted by Crippen LogP contribution is 2.37. The third kappa shape index (κ3) is 4.81. The zero-order valence-electron chi connectivity index (χ0n) is 15.5. The number of aryl methyl sites for hydroxylation is 1. The Labute approximate surface area is 167 Å². The number of amides is 1. The normalized spacial score (nSPS) is 10.4. The van der Waals surface area contributed by atoms with Crippen molar-refractivity contribution in [2.45, 2.75) is 13.5 Å². The van der Waals surface area contributed by atoms with Crippen molar-refractivity contribution in [3.63, 3.8) is 0 Å². The van der Waals surface area contributed by atoms with Gasteiger partial charge in [-0.25, -0.2) is 4.39 Å². The minimum absolute atomic E-state index is 0.260. The molecule has 0 bridgehead atoms. The number of anilines is 1. The average molecular weight is 400 g/mol. The lowest BCUT2D eigenvalue weighted by Crippen LogP contribution is -2.12.